The molecule has 0 saturated carbocycles. The summed E-state index contributed by atoms with van der Waals surface area (Å²) in [5.41, 5.74) is 2.07. The molecule has 0 aliphatic heterocycles. The Hall–Kier alpha value is -2.34. The van der Waals surface area contributed by atoms with Crippen LogP contribution in [0.25, 0.3) is 0 Å². The molecule has 174 valence electrons. The Kier molecular flexibility index (Phi) is 9.53. The lowest BCUT2D eigenvalue weighted by molar-refractivity contribution is -0.498. The summed E-state index contributed by atoms with van der Waals surface area (Å²) in [5, 5.41) is 0. The maximum atomic E-state index is 12.8. The summed E-state index contributed by atoms with van der Waals surface area (Å²) in [6.45, 7) is 0. The molecule has 0 amide bonds. The summed E-state index contributed by atoms with van der Waals surface area (Å²) in [5.74, 6) is -12.4. The molecule has 13 heteroatoms. The molecule has 0 aromatic heterocycles. The van der Waals surface area contributed by atoms with Crippen molar-refractivity contribution in [3.8, 4) is 0 Å². The number of rotatable bonds is 4. The van der Waals surface area contributed by atoms with Gasteiger partial charge in [0, 0.05) is 11.1 Å². The number of hydrogen-bond acceptors (Lipinski definition) is 1. The number of quaternary nitrogens is 1. The number of hydrogen-bond donors (Lipinski definition) is 1. The van der Waals surface area contributed by atoms with E-state index < -0.39 is 41.6 Å². The summed E-state index contributed by atoms with van der Waals surface area (Å²) >= 11 is 0. The minimum atomic E-state index is -5.86. The highest BCUT2D eigenvalue weighted by Crippen LogP contribution is 2.42. The Morgan fingerprint density at radius 1 is 0.677 bits per heavy atom. The lowest BCUT2D eigenvalue weighted by atomic mass is 10.0. The fourth-order valence-corrected chi connectivity index (χ4v) is 1.99. The Morgan fingerprint density at radius 3 is 1.42 bits per heavy atom. The number of carbonyl (C=O) groups excluding carboxylic acids is 1. The zero-order chi connectivity index (χ0) is 23.4. The minimum absolute atomic E-state index is 0. The van der Waals surface area contributed by atoms with Gasteiger partial charge in [-0.1, -0.05) is 60.7 Å². The normalized spacial score (nSPS) is 13.4. The van der Waals surface area contributed by atoms with E-state index in [4.69, 9.17) is 0 Å². The monoisotopic (exact) mass is 485 g/mol. The van der Waals surface area contributed by atoms with Gasteiger partial charge in [-0.15, -0.1) is 0 Å². The van der Waals surface area contributed by atoms with Crippen LogP contribution in [0, 0.1) is 0 Å². The van der Waals surface area contributed by atoms with Gasteiger partial charge in [-0.2, -0.15) is 43.9 Å². The maximum Gasteiger partial charge on any atom is 0.461 e. The van der Waals surface area contributed by atoms with E-state index in [9.17, 15) is 48.7 Å². The van der Waals surface area contributed by atoms with Gasteiger partial charge in [0.05, 0.1) is 0 Å². The van der Waals surface area contributed by atoms with Crippen LogP contribution in [0.3, 0.4) is 0 Å². The highest BCUT2D eigenvalue weighted by atomic mass is 35.5. The second-order valence-corrected chi connectivity index (χ2v) is 5.85. The third kappa shape index (κ3) is 6.82. The van der Waals surface area contributed by atoms with Crippen molar-refractivity contribution in [3.63, 3.8) is 0 Å². The average Bonchev–Trinajstić information content (AvgIpc) is 2.67. The Labute approximate surface area is 175 Å². The predicted octanol–water partition coefficient (Wildman–Crippen LogP) is 2.24. The van der Waals surface area contributed by atoms with Gasteiger partial charge < -0.3 is 18.1 Å². The van der Waals surface area contributed by atoms with Crippen molar-refractivity contribution in [2.45, 2.75) is 30.2 Å². The highest BCUT2D eigenvalue weighted by Gasteiger charge is 2.64. The molecule has 0 heterocycles. The van der Waals surface area contributed by atoms with Crippen LogP contribution < -0.4 is 18.1 Å². The van der Waals surface area contributed by atoms with E-state index in [1.54, 1.807) is 0 Å². The summed E-state index contributed by atoms with van der Waals surface area (Å²) in [6, 6.07) is 10.2. The molecule has 2 rings (SSSR count). The summed E-state index contributed by atoms with van der Waals surface area (Å²) in [6.07, 6.45) is -11.4. The van der Waals surface area contributed by atoms with Crippen LogP contribution in [0.5, 0.6) is 0 Å². The van der Waals surface area contributed by atoms with E-state index in [1.165, 1.54) is 48.5 Å². The van der Waals surface area contributed by atoms with Gasteiger partial charge in [-0.05, 0) is 0 Å². The van der Waals surface area contributed by atoms with E-state index in [-0.39, 0.29) is 18.0 Å². The van der Waals surface area contributed by atoms with Crippen molar-refractivity contribution in [3.05, 3.63) is 71.8 Å². The molecule has 2 aromatic rings. The number of Topliss-reactive ketones (excluding diaryl/α,β-unsaturated/α-hetero) is 1. The first-order chi connectivity index (χ1) is 13.5. The molecule has 1 atom stereocenters. The quantitative estimate of drug-likeness (QED) is 0.524. The molecule has 0 bridgehead atoms. The van der Waals surface area contributed by atoms with Gasteiger partial charge in [-0.3, -0.25) is 4.79 Å². The number of ketones is 1. The molecular weight excluding hydrogens is 472 g/mol. The van der Waals surface area contributed by atoms with Gasteiger partial charge in [0.1, 0.15) is 0 Å². The molecule has 0 aliphatic rings. The van der Waals surface area contributed by atoms with Crippen molar-refractivity contribution in [2.75, 3.05) is 0 Å². The van der Waals surface area contributed by atoms with E-state index in [1.807, 2.05) is 0 Å². The third-order valence-corrected chi connectivity index (χ3v) is 3.69. The van der Waals surface area contributed by atoms with Gasteiger partial charge in [0.2, 0.25) is 5.78 Å². The van der Waals surface area contributed by atoms with Crippen molar-refractivity contribution < 1.29 is 66.8 Å². The van der Waals surface area contributed by atoms with Crippen LogP contribution in [0.4, 0.5) is 43.9 Å². The SMILES string of the molecule is O=C(c1ccccc1)C(F)(F)C(F)(F)F.[Cl-].[NH3+]C(c1ccccc1)C(F)(F)C(F)(F)F. The van der Waals surface area contributed by atoms with Gasteiger partial charge in [0.15, 0.2) is 6.04 Å². The van der Waals surface area contributed by atoms with Crippen LogP contribution in [0.15, 0.2) is 60.7 Å². The van der Waals surface area contributed by atoms with E-state index in [0.29, 0.717) is 0 Å². The molecule has 0 fully saturated rings. The van der Waals surface area contributed by atoms with Crippen molar-refractivity contribution in [1.29, 1.82) is 0 Å². The Morgan fingerprint density at radius 2 is 1.06 bits per heavy atom. The zero-order valence-corrected chi connectivity index (χ0v) is 15.9. The summed E-state index contributed by atoms with van der Waals surface area (Å²) < 4.78 is 122. The van der Waals surface area contributed by atoms with E-state index in [2.05, 4.69) is 5.73 Å². The molecule has 2 aromatic carbocycles. The summed E-state index contributed by atoms with van der Waals surface area (Å²) in [4.78, 5) is 10.8. The molecular formula is C18H14ClF10NO. The lowest BCUT2D eigenvalue weighted by Gasteiger charge is -2.23. The molecule has 31 heavy (non-hydrogen) atoms. The van der Waals surface area contributed by atoms with Crippen molar-refractivity contribution in [1.82, 2.24) is 0 Å². The molecule has 0 saturated heterocycles. The van der Waals surface area contributed by atoms with Gasteiger partial charge in [0.25, 0.3) is 0 Å². The molecule has 0 radical (unpaired) electrons. The first-order valence-corrected chi connectivity index (χ1v) is 7.90. The molecule has 1 unspecified atom stereocenters. The smallest absolute Gasteiger partial charge is 0.461 e. The standard InChI is InChI=1S/C9H8F5N.C9H5F5O.ClH/c2*10-8(11,9(12,13)14)7(15)6-4-2-1-3-5-6;/h1-5,7H,15H2;1-5H;1H. The number of carbonyl (C=O) groups is 1. The van der Waals surface area contributed by atoms with Crippen molar-refractivity contribution in [2.24, 2.45) is 0 Å². The molecule has 0 aliphatic carbocycles. The summed E-state index contributed by atoms with van der Waals surface area (Å²) in [7, 11) is 0. The minimum Gasteiger partial charge on any atom is -1.00 e. The largest absolute Gasteiger partial charge is 1.00 e. The highest BCUT2D eigenvalue weighted by molar-refractivity contribution is 6.01. The topological polar surface area (TPSA) is 44.7 Å². The van der Waals surface area contributed by atoms with E-state index in [0.717, 1.165) is 12.1 Å². The third-order valence-electron chi connectivity index (χ3n) is 3.69. The van der Waals surface area contributed by atoms with Crippen LogP contribution in [-0.2, 0) is 0 Å². The fourth-order valence-electron chi connectivity index (χ4n) is 1.99. The average molecular weight is 486 g/mol. The Bertz CT molecular complexity index is 823. The van der Waals surface area contributed by atoms with Crippen molar-refractivity contribution >= 4 is 5.78 Å². The fraction of sp³-hybridized carbons (Fsp3) is 0.278. The number of benzene rings is 2. The van der Waals surface area contributed by atoms with Crippen LogP contribution in [0.2, 0.25) is 0 Å². The first-order valence-electron chi connectivity index (χ1n) is 7.90. The first kappa shape index (κ1) is 28.7. The van der Waals surface area contributed by atoms with E-state index >= 15 is 0 Å². The molecule has 0 spiro atoms. The van der Waals surface area contributed by atoms with Gasteiger partial charge >= 0.3 is 24.2 Å². The lowest BCUT2D eigenvalue weighted by Crippen LogP contribution is -3.00. The molecule has 3 N–H and O–H groups in total. The number of alkyl halides is 10. The number of halogens is 11. The van der Waals surface area contributed by atoms with Crippen LogP contribution in [-0.4, -0.2) is 30.0 Å². The van der Waals surface area contributed by atoms with Crippen LogP contribution in [0.1, 0.15) is 22.0 Å². The second kappa shape index (κ2) is 10.3. The predicted molar refractivity (Wildman–Crippen MR) is 84.8 cm³/mol. The zero-order valence-electron chi connectivity index (χ0n) is 15.1. The second-order valence-electron chi connectivity index (χ2n) is 5.85. The maximum absolute atomic E-state index is 12.8. The van der Waals surface area contributed by atoms with Crippen LogP contribution >= 0.6 is 0 Å². The molecule has 2 nitrogen and oxygen atoms in total. The Balaban J connectivity index is 0.000000562. The van der Waals surface area contributed by atoms with Gasteiger partial charge in [-0.25, -0.2) is 0 Å².